The number of nitrogens with one attached hydrogen (secondary N) is 1. The highest BCUT2D eigenvalue weighted by Gasteiger charge is 2.41. The van der Waals surface area contributed by atoms with Gasteiger partial charge in [-0.3, -0.25) is 13.4 Å². The average Bonchev–Trinajstić information content (AvgIpc) is 2.80. The van der Waals surface area contributed by atoms with Gasteiger partial charge in [0.05, 0.1) is 23.2 Å². The molecule has 0 aromatic heterocycles. The topological polar surface area (TPSA) is 79.2 Å². The van der Waals surface area contributed by atoms with Crippen molar-refractivity contribution in [3.63, 3.8) is 0 Å². The molecular formula is C17H22FN3O3S. The number of halogens is 1. The molecule has 136 valence electrons. The third-order valence-electron chi connectivity index (χ3n) is 4.08. The molecule has 3 rings (SSSR count). The molecule has 0 saturated heterocycles. The first-order valence-corrected chi connectivity index (χ1v) is 9.44. The molecule has 25 heavy (non-hydrogen) atoms. The molecule has 8 heteroatoms. The summed E-state index contributed by atoms with van der Waals surface area (Å²) in [5, 5.41) is 12.8. The lowest BCUT2D eigenvalue weighted by atomic mass is 10.2. The third kappa shape index (κ3) is 3.44. The highest BCUT2D eigenvalue weighted by Crippen LogP contribution is 2.64. The van der Waals surface area contributed by atoms with Gasteiger partial charge in [-0.05, 0) is 60.8 Å². The van der Waals surface area contributed by atoms with Crippen LogP contribution >= 0.6 is 11.0 Å². The first kappa shape index (κ1) is 18.0. The maximum atomic E-state index is 13.2. The van der Waals surface area contributed by atoms with E-state index in [1.54, 1.807) is 19.2 Å². The van der Waals surface area contributed by atoms with Crippen molar-refractivity contribution >= 4 is 28.0 Å². The summed E-state index contributed by atoms with van der Waals surface area (Å²) in [5.41, 5.74) is 1.80. The van der Waals surface area contributed by atoms with E-state index in [0.717, 1.165) is 0 Å². The molecular weight excluding hydrogens is 345 g/mol. The summed E-state index contributed by atoms with van der Waals surface area (Å²) in [4.78, 5) is 0. The molecule has 4 N–H and O–H groups in total. The highest BCUT2D eigenvalue weighted by atomic mass is 32.3. The molecule has 0 radical (unpaired) electrons. The number of nitrogens with zero attached hydrogens (tertiary/aromatic N) is 2. The minimum Gasteiger partial charge on any atom is -0.392 e. The Bertz CT molecular complexity index is 729. The van der Waals surface area contributed by atoms with Crippen LogP contribution in [0.3, 0.4) is 0 Å². The molecule has 0 fully saturated rings. The number of anilines is 3. The second-order valence-electron chi connectivity index (χ2n) is 5.85. The van der Waals surface area contributed by atoms with Crippen molar-refractivity contribution in [1.82, 2.24) is 5.32 Å². The van der Waals surface area contributed by atoms with E-state index in [9.17, 15) is 18.6 Å². The third-order valence-corrected chi connectivity index (χ3v) is 5.94. The molecule has 1 aliphatic heterocycles. The maximum absolute atomic E-state index is 13.2. The first-order chi connectivity index (χ1) is 11.9. The SMILES string of the molecule is CNC[C@H](O)CCN1c2ccccc2N(c2ccc(F)cc2)S1(O)O. The molecule has 0 spiro atoms. The summed E-state index contributed by atoms with van der Waals surface area (Å²) < 4.78 is 38.0. The standard InChI is InChI=1S/C17H22FN3O3S/c1-19-12-15(22)10-11-20-16-4-2-3-5-17(16)21(25(20,23)24)14-8-6-13(18)7-9-14/h2-9,15,19,22-24H,10-12H2,1H3/t15-/m1/s1. The molecule has 0 saturated carbocycles. The van der Waals surface area contributed by atoms with Crippen molar-refractivity contribution < 1.29 is 18.6 Å². The van der Waals surface area contributed by atoms with Crippen LogP contribution in [0.2, 0.25) is 0 Å². The van der Waals surface area contributed by atoms with Crippen LogP contribution in [-0.4, -0.2) is 40.5 Å². The number of benzene rings is 2. The zero-order chi connectivity index (χ0) is 18.0. The molecule has 1 aliphatic rings. The van der Waals surface area contributed by atoms with E-state index < -0.39 is 17.1 Å². The Kier molecular flexibility index (Phi) is 5.16. The Morgan fingerprint density at radius 3 is 2.36 bits per heavy atom. The zero-order valence-electron chi connectivity index (χ0n) is 13.8. The molecule has 2 aromatic carbocycles. The summed E-state index contributed by atoms with van der Waals surface area (Å²) in [5.74, 6) is -0.389. The summed E-state index contributed by atoms with van der Waals surface area (Å²) in [6.07, 6.45) is -0.213. The Balaban J connectivity index is 1.94. The van der Waals surface area contributed by atoms with Crippen LogP contribution in [0, 0.1) is 5.82 Å². The minimum absolute atomic E-state index is 0.278. The molecule has 0 unspecified atom stereocenters. The van der Waals surface area contributed by atoms with Crippen molar-refractivity contribution in [1.29, 1.82) is 0 Å². The smallest absolute Gasteiger partial charge is 0.123 e. The number of fused-ring (bicyclic) bond motifs is 1. The summed E-state index contributed by atoms with van der Waals surface area (Å²) in [6.45, 7) is 0.705. The van der Waals surface area contributed by atoms with Crippen molar-refractivity contribution in [2.75, 3.05) is 28.7 Å². The highest BCUT2D eigenvalue weighted by molar-refractivity contribution is 8.27. The monoisotopic (exact) mass is 367 g/mol. The number of hydrogen-bond donors (Lipinski definition) is 4. The number of hydrogen-bond acceptors (Lipinski definition) is 6. The van der Waals surface area contributed by atoms with Crippen LogP contribution < -0.4 is 13.9 Å². The predicted molar refractivity (Wildman–Crippen MR) is 99.7 cm³/mol. The number of rotatable bonds is 6. The van der Waals surface area contributed by atoms with Crippen LogP contribution in [0.1, 0.15) is 6.42 Å². The molecule has 1 atom stereocenters. The number of aliphatic hydroxyl groups excluding tert-OH is 1. The van der Waals surface area contributed by atoms with Gasteiger partial charge in [-0.1, -0.05) is 12.1 Å². The van der Waals surface area contributed by atoms with E-state index in [1.165, 1.54) is 32.9 Å². The molecule has 6 nitrogen and oxygen atoms in total. The fourth-order valence-electron chi connectivity index (χ4n) is 2.91. The first-order valence-electron chi connectivity index (χ1n) is 7.98. The van der Waals surface area contributed by atoms with Gasteiger partial charge >= 0.3 is 0 Å². The predicted octanol–water partition coefficient (Wildman–Crippen LogP) is 3.33. The van der Waals surface area contributed by atoms with Crippen LogP contribution in [0.25, 0.3) is 0 Å². The van der Waals surface area contributed by atoms with Crippen LogP contribution in [0.15, 0.2) is 48.5 Å². The van der Waals surface area contributed by atoms with Crippen LogP contribution in [-0.2, 0) is 0 Å². The summed E-state index contributed by atoms with van der Waals surface area (Å²) >= 11 is 0. The fourth-order valence-corrected chi connectivity index (χ4v) is 4.70. The van der Waals surface area contributed by atoms with E-state index in [4.69, 9.17) is 0 Å². The molecule has 2 aromatic rings. The molecule has 1 heterocycles. The van der Waals surface area contributed by atoms with E-state index >= 15 is 0 Å². The van der Waals surface area contributed by atoms with Gasteiger partial charge in [0, 0.05) is 13.1 Å². The maximum Gasteiger partial charge on any atom is 0.123 e. The lowest BCUT2D eigenvalue weighted by Crippen LogP contribution is -2.34. The van der Waals surface area contributed by atoms with Crippen molar-refractivity contribution in [3.8, 4) is 0 Å². The minimum atomic E-state index is -3.35. The number of likely N-dealkylation sites (N-methyl/N-ethyl adjacent to an activating group) is 1. The van der Waals surface area contributed by atoms with Gasteiger partial charge in [0.1, 0.15) is 5.82 Å². The largest absolute Gasteiger partial charge is 0.392 e. The fraction of sp³-hybridized carbons (Fsp3) is 0.294. The number of aliphatic hydroxyl groups is 1. The molecule has 0 amide bonds. The van der Waals surface area contributed by atoms with Gasteiger partial charge in [-0.2, -0.15) is 0 Å². The second-order valence-corrected chi connectivity index (χ2v) is 7.64. The summed E-state index contributed by atoms with van der Waals surface area (Å²) in [6, 6.07) is 12.8. The van der Waals surface area contributed by atoms with Gasteiger partial charge < -0.3 is 10.4 Å². The van der Waals surface area contributed by atoms with Crippen molar-refractivity contribution in [2.45, 2.75) is 12.5 Å². The average molecular weight is 367 g/mol. The van der Waals surface area contributed by atoms with Gasteiger partial charge in [-0.15, -0.1) is 0 Å². The van der Waals surface area contributed by atoms with Crippen molar-refractivity contribution in [3.05, 3.63) is 54.3 Å². The van der Waals surface area contributed by atoms with E-state index in [-0.39, 0.29) is 12.4 Å². The van der Waals surface area contributed by atoms with Crippen LogP contribution in [0.5, 0.6) is 0 Å². The lowest BCUT2D eigenvalue weighted by molar-refractivity contribution is 0.167. The Morgan fingerprint density at radius 2 is 1.72 bits per heavy atom. The lowest BCUT2D eigenvalue weighted by Gasteiger charge is -2.44. The normalized spacial score (nSPS) is 18.1. The number of para-hydroxylation sites is 2. The van der Waals surface area contributed by atoms with Gasteiger partial charge in [-0.25, -0.2) is 8.70 Å². The quantitative estimate of drug-likeness (QED) is 0.627. The van der Waals surface area contributed by atoms with Crippen LogP contribution in [0.4, 0.5) is 21.5 Å². The molecule has 0 bridgehead atoms. The summed E-state index contributed by atoms with van der Waals surface area (Å²) in [7, 11) is -1.60. The Hall–Kier alpha value is -1.84. The van der Waals surface area contributed by atoms with Gasteiger partial charge in [0.15, 0.2) is 0 Å². The van der Waals surface area contributed by atoms with E-state index in [0.29, 0.717) is 30.0 Å². The Morgan fingerprint density at radius 1 is 1.08 bits per heavy atom. The van der Waals surface area contributed by atoms with Gasteiger partial charge in [0.2, 0.25) is 0 Å². The zero-order valence-corrected chi connectivity index (χ0v) is 14.7. The van der Waals surface area contributed by atoms with E-state index in [2.05, 4.69) is 5.32 Å². The van der Waals surface area contributed by atoms with Gasteiger partial charge in [0.25, 0.3) is 0 Å². The Labute approximate surface area is 148 Å². The van der Waals surface area contributed by atoms with E-state index in [1.807, 2.05) is 12.1 Å². The second kappa shape index (κ2) is 7.19. The molecule has 0 aliphatic carbocycles. The van der Waals surface area contributed by atoms with Crippen molar-refractivity contribution in [2.24, 2.45) is 0 Å².